The van der Waals surface area contributed by atoms with E-state index >= 15 is 0 Å². The van der Waals surface area contributed by atoms with Crippen molar-refractivity contribution in [3.05, 3.63) is 58.7 Å². The number of imide groups is 1. The van der Waals surface area contributed by atoms with E-state index in [1.807, 2.05) is 45.9 Å². The highest BCUT2D eigenvalue weighted by molar-refractivity contribution is 6.02. The first-order chi connectivity index (χ1) is 13.2. The molecule has 0 bridgehead atoms. The first-order valence-corrected chi connectivity index (χ1v) is 8.78. The predicted molar refractivity (Wildman–Crippen MR) is 105 cm³/mol. The van der Waals surface area contributed by atoms with Crippen LogP contribution in [0.5, 0.6) is 5.75 Å². The Balaban J connectivity index is 1.73. The molecule has 7 heteroatoms. The van der Waals surface area contributed by atoms with Gasteiger partial charge in [-0.15, -0.1) is 0 Å². The highest BCUT2D eigenvalue weighted by Crippen LogP contribution is 2.16. The van der Waals surface area contributed by atoms with Crippen molar-refractivity contribution >= 4 is 23.6 Å². The minimum Gasteiger partial charge on any atom is -0.482 e. The maximum absolute atomic E-state index is 11.9. The van der Waals surface area contributed by atoms with Gasteiger partial charge in [-0.1, -0.05) is 23.8 Å². The standard InChI is InChI=1S/C21H24N2O5/c1-13-5-6-18(16(4)8-13)22-21(26)23-19(24)11-28-20(25)12-27-17-9-14(2)7-15(3)10-17/h5-10H,11-12H2,1-4H3,(H2,22,23,24,26). The fourth-order valence-electron chi connectivity index (χ4n) is 2.62. The van der Waals surface area contributed by atoms with Crippen LogP contribution in [0.2, 0.25) is 0 Å². The Hall–Kier alpha value is -3.35. The van der Waals surface area contributed by atoms with Gasteiger partial charge in [-0.05, 0) is 62.6 Å². The third-order valence-corrected chi connectivity index (χ3v) is 3.80. The molecule has 0 spiro atoms. The second-order valence-corrected chi connectivity index (χ2v) is 6.59. The molecule has 0 aliphatic rings. The van der Waals surface area contributed by atoms with Gasteiger partial charge in [0.25, 0.3) is 5.91 Å². The van der Waals surface area contributed by atoms with E-state index in [0.29, 0.717) is 11.4 Å². The number of anilines is 1. The zero-order valence-electron chi connectivity index (χ0n) is 16.4. The summed E-state index contributed by atoms with van der Waals surface area (Å²) in [6, 6.07) is 10.4. The van der Waals surface area contributed by atoms with Crippen LogP contribution < -0.4 is 15.4 Å². The second-order valence-electron chi connectivity index (χ2n) is 6.59. The lowest BCUT2D eigenvalue weighted by atomic mass is 10.1. The monoisotopic (exact) mass is 384 g/mol. The molecule has 3 amide bonds. The predicted octanol–water partition coefficient (Wildman–Crippen LogP) is 3.19. The number of ether oxygens (including phenoxy) is 2. The van der Waals surface area contributed by atoms with Crippen LogP contribution in [0, 0.1) is 27.7 Å². The van der Waals surface area contributed by atoms with E-state index in [2.05, 4.69) is 10.6 Å². The molecule has 0 heterocycles. The van der Waals surface area contributed by atoms with Crippen molar-refractivity contribution in [3.8, 4) is 5.75 Å². The number of nitrogens with one attached hydrogen (secondary N) is 2. The van der Waals surface area contributed by atoms with Crippen molar-refractivity contribution in [2.45, 2.75) is 27.7 Å². The maximum atomic E-state index is 11.9. The number of aryl methyl sites for hydroxylation is 4. The van der Waals surface area contributed by atoms with E-state index in [0.717, 1.165) is 22.3 Å². The number of esters is 1. The summed E-state index contributed by atoms with van der Waals surface area (Å²) in [5, 5.41) is 4.68. The van der Waals surface area contributed by atoms with Crippen LogP contribution in [-0.4, -0.2) is 31.1 Å². The number of hydrogen-bond acceptors (Lipinski definition) is 5. The van der Waals surface area contributed by atoms with Crippen molar-refractivity contribution in [2.24, 2.45) is 0 Å². The lowest BCUT2D eigenvalue weighted by molar-refractivity contribution is -0.150. The molecule has 0 radical (unpaired) electrons. The van der Waals surface area contributed by atoms with Crippen molar-refractivity contribution < 1.29 is 23.9 Å². The van der Waals surface area contributed by atoms with Gasteiger partial charge < -0.3 is 14.8 Å². The molecule has 0 saturated heterocycles. The van der Waals surface area contributed by atoms with Crippen LogP contribution >= 0.6 is 0 Å². The molecule has 0 aliphatic heterocycles. The summed E-state index contributed by atoms with van der Waals surface area (Å²) in [6.45, 7) is 6.73. The topological polar surface area (TPSA) is 93.7 Å². The first-order valence-electron chi connectivity index (χ1n) is 8.78. The molecule has 2 aromatic carbocycles. The average molecular weight is 384 g/mol. The van der Waals surface area contributed by atoms with Gasteiger partial charge in [0, 0.05) is 5.69 Å². The average Bonchev–Trinajstić information content (AvgIpc) is 2.60. The summed E-state index contributed by atoms with van der Waals surface area (Å²) in [6.07, 6.45) is 0. The van der Waals surface area contributed by atoms with E-state index in [1.54, 1.807) is 18.2 Å². The zero-order chi connectivity index (χ0) is 20.7. The van der Waals surface area contributed by atoms with Gasteiger partial charge in [-0.3, -0.25) is 10.1 Å². The molecule has 0 unspecified atom stereocenters. The minimum atomic E-state index is -0.734. The highest BCUT2D eigenvalue weighted by atomic mass is 16.6. The van der Waals surface area contributed by atoms with E-state index in [-0.39, 0.29) is 6.61 Å². The van der Waals surface area contributed by atoms with Gasteiger partial charge in [0.05, 0.1) is 0 Å². The third kappa shape index (κ3) is 6.75. The van der Waals surface area contributed by atoms with Crippen molar-refractivity contribution in [1.82, 2.24) is 5.32 Å². The smallest absolute Gasteiger partial charge is 0.344 e. The largest absolute Gasteiger partial charge is 0.482 e. The van der Waals surface area contributed by atoms with Gasteiger partial charge in [-0.2, -0.15) is 0 Å². The van der Waals surface area contributed by atoms with Crippen LogP contribution in [0.4, 0.5) is 10.5 Å². The highest BCUT2D eigenvalue weighted by Gasteiger charge is 2.12. The normalized spacial score (nSPS) is 10.1. The minimum absolute atomic E-state index is 0.328. The molecule has 2 aromatic rings. The lowest BCUT2D eigenvalue weighted by Gasteiger charge is -2.10. The molecule has 2 rings (SSSR count). The summed E-state index contributed by atoms with van der Waals surface area (Å²) in [5.41, 5.74) is 4.55. The summed E-state index contributed by atoms with van der Waals surface area (Å²) in [4.78, 5) is 35.3. The quantitative estimate of drug-likeness (QED) is 0.746. The molecular weight excluding hydrogens is 360 g/mol. The molecule has 0 aromatic heterocycles. The fourth-order valence-corrected chi connectivity index (χ4v) is 2.62. The molecule has 28 heavy (non-hydrogen) atoms. The van der Waals surface area contributed by atoms with Gasteiger partial charge in [0.2, 0.25) is 0 Å². The molecule has 0 fully saturated rings. The number of hydrogen-bond donors (Lipinski definition) is 2. The number of rotatable bonds is 6. The molecule has 0 saturated carbocycles. The SMILES string of the molecule is Cc1cc(C)cc(OCC(=O)OCC(=O)NC(=O)Nc2ccc(C)cc2C)c1. The first kappa shape index (κ1) is 21.0. The van der Waals surface area contributed by atoms with Gasteiger partial charge >= 0.3 is 12.0 Å². The van der Waals surface area contributed by atoms with Crippen molar-refractivity contribution in [2.75, 3.05) is 18.5 Å². The number of carbonyl (C=O) groups is 3. The van der Waals surface area contributed by atoms with Gasteiger partial charge in [0.15, 0.2) is 13.2 Å². The van der Waals surface area contributed by atoms with Crippen LogP contribution in [0.1, 0.15) is 22.3 Å². The van der Waals surface area contributed by atoms with Crippen LogP contribution in [-0.2, 0) is 14.3 Å². The second kappa shape index (κ2) is 9.55. The number of benzene rings is 2. The number of urea groups is 1. The van der Waals surface area contributed by atoms with Crippen LogP contribution in [0.3, 0.4) is 0 Å². The molecule has 7 nitrogen and oxygen atoms in total. The zero-order valence-corrected chi connectivity index (χ0v) is 16.4. The van der Waals surface area contributed by atoms with E-state index in [9.17, 15) is 14.4 Å². The van der Waals surface area contributed by atoms with Crippen molar-refractivity contribution in [1.29, 1.82) is 0 Å². The Labute approximate surface area is 164 Å². The fraction of sp³-hybridized carbons (Fsp3) is 0.286. The summed E-state index contributed by atoms with van der Waals surface area (Å²) in [7, 11) is 0. The molecular formula is C21H24N2O5. The molecule has 148 valence electrons. The van der Waals surface area contributed by atoms with E-state index in [1.165, 1.54) is 0 Å². The number of amides is 3. The Bertz CT molecular complexity index is 872. The summed E-state index contributed by atoms with van der Waals surface area (Å²) in [5.74, 6) is -0.891. The van der Waals surface area contributed by atoms with E-state index < -0.39 is 24.5 Å². The lowest BCUT2D eigenvalue weighted by Crippen LogP contribution is -2.37. The van der Waals surface area contributed by atoms with Gasteiger partial charge in [-0.25, -0.2) is 9.59 Å². The van der Waals surface area contributed by atoms with E-state index in [4.69, 9.17) is 9.47 Å². The third-order valence-electron chi connectivity index (χ3n) is 3.80. The molecule has 0 atom stereocenters. The van der Waals surface area contributed by atoms with Gasteiger partial charge in [0.1, 0.15) is 5.75 Å². The Morgan fingerprint density at radius 2 is 1.54 bits per heavy atom. The Morgan fingerprint density at radius 3 is 2.18 bits per heavy atom. The van der Waals surface area contributed by atoms with Crippen molar-refractivity contribution in [3.63, 3.8) is 0 Å². The maximum Gasteiger partial charge on any atom is 0.344 e. The van der Waals surface area contributed by atoms with Crippen LogP contribution in [0.15, 0.2) is 36.4 Å². The Kier molecular flexibility index (Phi) is 7.14. The molecule has 0 aliphatic carbocycles. The molecule has 2 N–H and O–H groups in total. The summed E-state index contributed by atoms with van der Waals surface area (Å²) < 4.78 is 10.2. The number of carbonyl (C=O) groups excluding carboxylic acids is 3. The summed E-state index contributed by atoms with van der Waals surface area (Å²) >= 11 is 0. The Morgan fingerprint density at radius 1 is 0.857 bits per heavy atom. The van der Waals surface area contributed by atoms with Crippen LogP contribution in [0.25, 0.3) is 0 Å².